The summed E-state index contributed by atoms with van der Waals surface area (Å²) in [5, 5.41) is 0.195. The minimum atomic E-state index is -4.59. The molecule has 9 heteroatoms. The number of sulfone groups is 1. The van der Waals surface area contributed by atoms with Crippen molar-refractivity contribution in [2.75, 3.05) is 12.4 Å². The molecule has 1 heterocycles. The van der Waals surface area contributed by atoms with Crippen molar-refractivity contribution < 1.29 is 26.3 Å². The highest BCUT2D eigenvalue weighted by Crippen LogP contribution is 2.39. The third-order valence-corrected chi connectivity index (χ3v) is 7.39. The molecule has 0 amide bonds. The van der Waals surface area contributed by atoms with E-state index < -0.39 is 27.1 Å². The van der Waals surface area contributed by atoms with Crippen LogP contribution in [-0.2, 0) is 23.1 Å². The summed E-state index contributed by atoms with van der Waals surface area (Å²) in [5.41, 5.74) is -0.709. The number of benzene rings is 2. The van der Waals surface area contributed by atoms with Gasteiger partial charge in [0.05, 0.1) is 22.8 Å². The monoisotopic (exact) mass is 465 g/mol. The molecule has 1 aliphatic carbocycles. The summed E-state index contributed by atoms with van der Waals surface area (Å²) in [5.74, 6) is 0.654. The van der Waals surface area contributed by atoms with Gasteiger partial charge in [-0.25, -0.2) is 8.42 Å². The van der Waals surface area contributed by atoms with E-state index in [2.05, 4.69) is 0 Å². The first kappa shape index (κ1) is 22.4. The van der Waals surface area contributed by atoms with E-state index >= 15 is 0 Å². The lowest BCUT2D eigenvalue weighted by atomic mass is 9.98. The van der Waals surface area contributed by atoms with Crippen LogP contribution in [0.4, 0.5) is 13.2 Å². The number of ether oxygens (including phenoxy) is 1. The molecule has 0 unspecified atom stereocenters. The fourth-order valence-corrected chi connectivity index (χ4v) is 4.46. The second-order valence-electron chi connectivity index (χ2n) is 8.03. The maximum absolute atomic E-state index is 13.4. The Hall–Kier alpha value is -2.81. The smallest absolute Gasteiger partial charge is 0.416 e. The standard InChI is InChI=1S/C23H22F3NO4S/c1-3-32(29,30)16-7-9-21(31-13-14-4-5-14)19(11-16)20-12-27(2)22(28)17-8-6-15(10-18(17)20)23(24,25)26/h6-12,14H,3-5,13H2,1-2H3. The number of alkyl halides is 3. The lowest BCUT2D eigenvalue weighted by Crippen LogP contribution is -2.17. The molecule has 1 aliphatic rings. The van der Waals surface area contributed by atoms with Crippen molar-refractivity contribution in [3.05, 3.63) is 58.5 Å². The average Bonchev–Trinajstić information content (AvgIpc) is 3.58. The fraction of sp³-hybridized carbons (Fsp3) is 0.348. The lowest BCUT2D eigenvalue weighted by Gasteiger charge is -2.17. The zero-order valence-electron chi connectivity index (χ0n) is 17.6. The normalized spacial score (nSPS) is 14.7. The first-order valence-corrected chi connectivity index (χ1v) is 11.9. The molecule has 32 heavy (non-hydrogen) atoms. The maximum Gasteiger partial charge on any atom is 0.416 e. The molecule has 1 fully saturated rings. The summed E-state index contributed by atoms with van der Waals surface area (Å²) in [6.07, 6.45) is -1.09. The number of hydrogen-bond donors (Lipinski definition) is 0. The van der Waals surface area contributed by atoms with E-state index in [1.54, 1.807) is 0 Å². The van der Waals surface area contributed by atoms with Gasteiger partial charge >= 0.3 is 6.18 Å². The Morgan fingerprint density at radius 1 is 1.06 bits per heavy atom. The molecule has 0 radical (unpaired) electrons. The molecule has 4 rings (SSSR count). The Kier molecular flexibility index (Phi) is 5.56. The van der Waals surface area contributed by atoms with Gasteiger partial charge in [0, 0.05) is 29.8 Å². The van der Waals surface area contributed by atoms with Gasteiger partial charge in [-0.15, -0.1) is 0 Å². The number of rotatable bonds is 6. The summed E-state index contributed by atoms with van der Waals surface area (Å²) in [6.45, 7) is 1.95. The van der Waals surface area contributed by atoms with Crippen LogP contribution in [0.15, 0.2) is 52.3 Å². The third kappa shape index (κ3) is 4.26. The van der Waals surface area contributed by atoms with E-state index in [1.165, 1.54) is 42.9 Å². The molecule has 0 aliphatic heterocycles. The van der Waals surface area contributed by atoms with Gasteiger partial charge in [0.15, 0.2) is 9.84 Å². The van der Waals surface area contributed by atoms with Gasteiger partial charge in [-0.1, -0.05) is 6.92 Å². The Bertz CT molecular complexity index is 1360. The Morgan fingerprint density at radius 2 is 1.78 bits per heavy atom. The molecule has 1 saturated carbocycles. The quantitative estimate of drug-likeness (QED) is 0.524. The van der Waals surface area contributed by atoms with Crippen LogP contribution in [0.3, 0.4) is 0 Å². The summed E-state index contributed by atoms with van der Waals surface area (Å²) < 4.78 is 72.4. The van der Waals surface area contributed by atoms with Gasteiger partial charge in [-0.2, -0.15) is 13.2 Å². The van der Waals surface area contributed by atoms with Crippen molar-refractivity contribution in [3.8, 4) is 16.9 Å². The van der Waals surface area contributed by atoms with Crippen LogP contribution in [0.1, 0.15) is 25.3 Å². The first-order valence-electron chi connectivity index (χ1n) is 10.2. The molecular formula is C23H22F3NO4S. The minimum Gasteiger partial charge on any atom is -0.493 e. The Balaban J connectivity index is 2.01. The van der Waals surface area contributed by atoms with Crippen LogP contribution < -0.4 is 10.3 Å². The first-order chi connectivity index (χ1) is 15.0. The molecule has 0 saturated heterocycles. The van der Waals surface area contributed by atoms with Crippen molar-refractivity contribution in [2.45, 2.75) is 30.8 Å². The van der Waals surface area contributed by atoms with Gasteiger partial charge in [0.25, 0.3) is 5.56 Å². The van der Waals surface area contributed by atoms with Crippen molar-refractivity contribution in [1.29, 1.82) is 0 Å². The topological polar surface area (TPSA) is 65.4 Å². The summed E-state index contributed by atoms with van der Waals surface area (Å²) >= 11 is 0. The van der Waals surface area contributed by atoms with Crippen molar-refractivity contribution in [1.82, 2.24) is 4.57 Å². The van der Waals surface area contributed by atoms with Gasteiger partial charge in [0.1, 0.15) is 5.75 Å². The SMILES string of the molecule is CCS(=O)(=O)c1ccc(OCC2CC2)c(-c2cn(C)c(=O)c3ccc(C(F)(F)F)cc23)c1. The van der Waals surface area contributed by atoms with E-state index in [1.807, 2.05) is 0 Å². The van der Waals surface area contributed by atoms with E-state index in [0.29, 0.717) is 29.4 Å². The second-order valence-corrected chi connectivity index (χ2v) is 10.3. The predicted octanol–water partition coefficient (Wildman–Crippen LogP) is 4.81. The van der Waals surface area contributed by atoms with E-state index in [0.717, 1.165) is 31.0 Å². The number of hydrogen-bond acceptors (Lipinski definition) is 4. The van der Waals surface area contributed by atoms with E-state index in [9.17, 15) is 26.4 Å². The van der Waals surface area contributed by atoms with Gasteiger partial charge < -0.3 is 9.30 Å². The van der Waals surface area contributed by atoms with Crippen LogP contribution in [0.25, 0.3) is 21.9 Å². The zero-order chi connectivity index (χ0) is 23.3. The zero-order valence-corrected chi connectivity index (χ0v) is 18.4. The highest BCUT2D eigenvalue weighted by atomic mass is 32.2. The number of nitrogens with zero attached hydrogens (tertiary/aromatic N) is 1. The fourth-order valence-electron chi connectivity index (χ4n) is 3.55. The van der Waals surface area contributed by atoms with Crippen LogP contribution in [-0.4, -0.2) is 25.3 Å². The lowest BCUT2D eigenvalue weighted by molar-refractivity contribution is -0.137. The number of aromatic nitrogens is 1. The van der Waals surface area contributed by atoms with Gasteiger partial charge in [-0.3, -0.25) is 4.79 Å². The Morgan fingerprint density at radius 3 is 2.41 bits per heavy atom. The second kappa shape index (κ2) is 7.95. The molecular weight excluding hydrogens is 443 g/mol. The average molecular weight is 465 g/mol. The number of fused-ring (bicyclic) bond motifs is 1. The summed E-state index contributed by atoms with van der Waals surface area (Å²) in [4.78, 5) is 12.7. The Labute approximate surface area is 183 Å². The number of aryl methyl sites for hydroxylation is 1. The van der Waals surface area contributed by atoms with Crippen LogP contribution in [0.2, 0.25) is 0 Å². The summed E-state index contributed by atoms with van der Waals surface area (Å²) in [7, 11) is -2.07. The largest absolute Gasteiger partial charge is 0.493 e. The molecule has 0 atom stereocenters. The molecule has 0 bridgehead atoms. The maximum atomic E-state index is 13.4. The predicted molar refractivity (Wildman–Crippen MR) is 116 cm³/mol. The van der Waals surface area contributed by atoms with Crippen LogP contribution >= 0.6 is 0 Å². The molecule has 2 aromatic carbocycles. The van der Waals surface area contributed by atoms with Crippen LogP contribution in [0, 0.1) is 5.92 Å². The van der Waals surface area contributed by atoms with Crippen molar-refractivity contribution >= 4 is 20.6 Å². The van der Waals surface area contributed by atoms with Crippen molar-refractivity contribution in [3.63, 3.8) is 0 Å². The molecule has 0 N–H and O–H groups in total. The van der Waals surface area contributed by atoms with E-state index in [-0.39, 0.29) is 21.4 Å². The van der Waals surface area contributed by atoms with Crippen molar-refractivity contribution in [2.24, 2.45) is 13.0 Å². The molecule has 1 aromatic heterocycles. The highest BCUT2D eigenvalue weighted by Gasteiger charge is 2.31. The third-order valence-electron chi connectivity index (χ3n) is 5.66. The van der Waals surface area contributed by atoms with E-state index in [4.69, 9.17) is 4.74 Å². The molecule has 170 valence electrons. The highest BCUT2D eigenvalue weighted by molar-refractivity contribution is 7.91. The molecule has 3 aromatic rings. The number of halogens is 3. The van der Waals surface area contributed by atoms with Gasteiger partial charge in [-0.05, 0) is 60.5 Å². The van der Waals surface area contributed by atoms with Crippen LogP contribution in [0.5, 0.6) is 5.75 Å². The minimum absolute atomic E-state index is 0.0442. The molecule has 5 nitrogen and oxygen atoms in total. The number of pyridine rings is 1. The summed E-state index contributed by atoms with van der Waals surface area (Å²) in [6, 6.07) is 7.34. The molecule has 0 spiro atoms. The van der Waals surface area contributed by atoms with Gasteiger partial charge in [0.2, 0.25) is 0 Å².